The van der Waals surface area contributed by atoms with Crippen LogP contribution in [0.15, 0.2) is 0 Å². The number of unbranched alkanes of at least 4 members (excludes halogenated alkanes) is 21. The van der Waals surface area contributed by atoms with Gasteiger partial charge in [0.05, 0.1) is 0 Å². The molecule has 0 aromatic rings. The fourth-order valence-corrected chi connectivity index (χ4v) is 5.99. The number of amides is 2. The molecule has 0 fully saturated rings. The predicted molar refractivity (Wildman–Crippen MR) is 187 cm³/mol. The summed E-state index contributed by atoms with van der Waals surface area (Å²) in [6.45, 7) is 13.8. The van der Waals surface area contributed by atoms with E-state index in [2.05, 4.69) is 25.7 Å². The van der Waals surface area contributed by atoms with Crippen molar-refractivity contribution in [2.75, 3.05) is 32.8 Å². The largest absolute Gasteiger partial charge is 0.359 e. The number of ether oxygens (including phenoxy) is 1. The quantitative estimate of drug-likeness (QED) is 0.0696. The first kappa shape index (κ1) is 41.9. The fourth-order valence-electron chi connectivity index (χ4n) is 5.99. The molecule has 1 atom stereocenters. The second-order valence-electron chi connectivity index (χ2n) is 12.9. The summed E-state index contributed by atoms with van der Waals surface area (Å²) in [5.41, 5.74) is 0. The zero-order valence-electron chi connectivity index (χ0n) is 29.9. The average Bonchev–Trinajstić information content (AvgIpc) is 3.01. The fraction of sp³-hybridized carbons (Fsp3) is 0.947. The van der Waals surface area contributed by atoms with Gasteiger partial charge >= 0.3 is 0 Å². The molecule has 0 bridgehead atoms. The Morgan fingerprint density at radius 3 is 1.19 bits per heavy atom. The number of nitrogens with zero attached hydrogens (tertiary/aromatic N) is 2. The molecular weight excluding hydrogens is 532 g/mol. The molecule has 0 rings (SSSR count). The molecule has 5 nitrogen and oxygen atoms in total. The van der Waals surface area contributed by atoms with E-state index in [-0.39, 0.29) is 18.4 Å². The number of likely N-dealkylation sites (N-methyl/N-ethyl adjacent to an activating group) is 1. The van der Waals surface area contributed by atoms with Gasteiger partial charge in [0.25, 0.3) is 5.91 Å². The SMILES string of the molecule is CCCCCCCCCCCCN(CCCCCCCCCCCC)C(=O)C(CCCCCC)OCC(=O)N(CC)CC. The molecule has 2 amide bonds. The third-order valence-corrected chi connectivity index (χ3v) is 8.99. The van der Waals surface area contributed by atoms with Crippen molar-refractivity contribution in [2.24, 2.45) is 0 Å². The van der Waals surface area contributed by atoms with Crippen LogP contribution >= 0.6 is 0 Å². The van der Waals surface area contributed by atoms with Crippen molar-refractivity contribution in [2.45, 2.75) is 201 Å². The van der Waals surface area contributed by atoms with E-state index < -0.39 is 6.10 Å². The first-order valence-electron chi connectivity index (χ1n) is 19.2. The Kier molecular flexibility index (Phi) is 31.5. The Labute approximate surface area is 269 Å². The first-order chi connectivity index (χ1) is 21.0. The van der Waals surface area contributed by atoms with Crippen LogP contribution in [0.2, 0.25) is 0 Å². The van der Waals surface area contributed by atoms with E-state index in [9.17, 15) is 9.59 Å². The molecule has 0 radical (unpaired) electrons. The number of hydrogen-bond acceptors (Lipinski definition) is 3. The highest BCUT2D eigenvalue weighted by molar-refractivity contribution is 5.82. The molecule has 0 heterocycles. The Morgan fingerprint density at radius 1 is 0.465 bits per heavy atom. The van der Waals surface area contributed by atoms with Gasteiger partial charge < -0.3 is 14.5 Å². The third-order valence-electron chi connectivity index (χ3n) is 8.99. The maximum Gasteiger partial charge on any atom is 0.251 e. The Balaban J connectivity index is 4.93. The summed E-state index contributed by atoms with van der Waals surface area (Å²) >= 11 is 0. The van der Waals surface area contributed by atoms with Crippen molar-refractivity contribution in [1.29, 1.82) is 0 Å². The van der Waals surface area contributed by atoms with Crippen LogP contribution in [0.3, 0.4) is 0 Å². The van der Waals surface area contributed by atoms with Gasteiger partial charge in [0.15, 0.2) is 0 Å². The monoisotopic (exact) mass is 609 g/mol. The van der Waals surface area contributed by atoms with Gasteiger partial charge in [-0.15, -0.1) is 0 Å². The van der Waals surface area contributed by atoms with Crippen molar-refractivity contribution in [3.8, 4) is 0 Å². The van der Waals surface area contributed by atoms with Crippen LogP contribution in [-0.2, 0) is 14.3 Å². The lowest BCUT2D eigenvalue weighted by Gasteiger charge is -2.28. The summed E-state index contributed by atoms with van der Waals surface area (Å²) in [5, 5.41) is 0. The van der Waals surface area contributed by atoms with Crippen LogP contribution < -0.4 is 0 Å². The van der Waals surface area contributed by atoms with Gasteiger partial charge in [-0.2, -0.15) is 0 Å². The van der Waals surface area contributed by atoms with Crippen LogP contribution in [0.5, 0.6) is 0 Å². The van der Waals surface area contributed by atoms with Crippen LogP contribution in [0.25, 0.3) is 0 Å². The van der Waals surface area contributed by atoms with Crippen molar-refractivity contribution in [3.63, 3.8) is 0 Å². The maximum atomic E-state index is 13.9. The normalized spacial score (nSPS) is 12.0. The van der Waals surface area contributed by atoms with E-state index in [0.717, 1.165) is 45.2 Å². The first-order valence-corrected chi connectivity index (χ1v) is 19.2. The van der Waals surface area contributed by atoms with Gasteiger partial charge in [-0.25, -0.2) is 0 Å². The smallest absolute Gasteiger partial charge is 0.251 e. The zero-order chi connectivity index (χ0) is 31.8. The summed E-state index contributed by atoms with van der Waals surface area (Å²) in [6.07, 6.45) is 30.7. The topological polar surface area (TPSA) is 49.9 Å². The number of carbonyl (C=O) groups excluding carboxylic acids is 2. The molecule has 1 unspecified atom stereocenters. The van der Waals surface area contributed by atoms with Crippen LogP contribution in [-0.4, -0.2) is 60.5 Å². The van der Waals surface area contributed by atoms with Crippen LogP contribution in [0.1, 0.15) is 195 Å². The van der Waals surface area contributed by atoms with Crippen LogP contribution in [0.4, 0.5) is 0 Å². The van der Waals surface area contributed by atoms with Crippen LogP contribution in [0, 0.1) is 0 Å². The number of hydrogen-bond donors (Lipinski definition) is 0. The molecule has 0 aromatic heterocycles. The molecular formula is C38H76N2O3. The Bertz CT molecular complexity index is 584. The molecule has 0 spiro atoms. The number of rotatable bonds is 33. The van der Waals surface area contributed by atoms with Gasteiger partial charge in [-0.1, -0.05) is 162 Å². The van der Waals surface area contributed by atoms with Gasteiger partial charge in [0, 0.05) is 26.2 Å². The highest BCUT2D eigenvalue weighted by atomic mass is 16.5. The van der Waals surface area contributed by atoms with Gasteiger partial charge in [-0.3, -0.25) is 9.59 Å². The molecule has 0 aromatic carbocycles. The summed E-state index contributed by atoms with van der Waals surface area (Å²) in [7, 11) is 0. The molecule has 0 aliphatic carbocycles. The van der Waals surface area contributed by atoms with Gasteiger partial charge in [0.2, 0.25) is 5.91 Å². The summed E-state index contributed by atoms with van der Waals surface area (Å²) in [5.74, 6) is 0.114. The van der Waals surface area contributed by atoms with E-state index in [1.54, 1.807) is 4.90 Å². The number of carbonyl (C=O) groups is 2. The zero-order valence-corrected chi connectivity index (χ0v) is 29.9. The molecule has 0 aliphatic heterocycles. The van der Waals surface area contributed by atoms with Crippen molar-refractivity contribution in [3.05, 3.63) is 0 Å². The van der Waals surface area contributed by atoms with Gasteiger partial charge in [0.1, 0.15) is 12.7 Å². The standard InChI is InChI=1S/C38H76N2O3/c1-6-11-14-17-19-21-23-25-27-30-33-40(34-31-28-26-24-22-20-18-15-12-7-2)38(42)36(32-29-16-13-8-3)43-35-37(41)39(9-4)10-5/h36H,6-35H2,1-5H3. The second kappa shape index (κ2) is 32.3. The summed E-state index contributed by atoms with van der Waals surface area (Å²) in [4.78, 5) is 30.5. The Hall–Kier alpha value is -1.10. The average molecular weight is 609 g/mol. The molecule has 0 aliphatic rings. The minimum Gasteiger partial charge on any atom is -0.359 e. The lowest BCUT2D eigenvalue weighted by Crippen LogP contribution is -2.43. The lowest BCUT2D eigenvalue weighted by atomic mass is 10.0. The van der Waals surface area contributed by atoms with E-state index >= 15 is 0 Å². The van der Waals surface area contributed by atoms with E-state index in [1.807, 2.05) is 13.8 Å². The molecule has 0 N–H and O–H groups in total. The second-order valence-corrected chi connectivity index (χ2v) is 12.9. The predicted octanol–water partition coefficient (Wildman–Crippen LogP) is 10.9. The summed E-state index contributed by atoms with van der Waals surface area (Å²) < 4.78 is 6.13. The Morgan fingerprint density at radius 2 is 0.814 bits per heavy atom. The van der Waals surface area contributed by atoms with E-state index in [4.69, 9.17) is 4.74 Å². The molecule has 256 valence electrons. The van der Waals surface area contributed by atoms with E-state index in [1.165, 1.54) is 128 Å². The highest BCUT2D eigenvalue weighted by Gasteiger charge is 2.26. The minimum atomic E-state index is -0.498. The maximum absolute atomic E-state index is 13.9. The molecule has 0 saturated carbocycles. The van der Waals surface area contributed by atoms with E-state index in [0.29, 0.717) is 13.1 Å². The lowest BCUT2D eigenvalue weighted by molar-refractivity contribution is -0.150. The molecule has 0 saturated heterocycles. The minimum absolute atomic E-state index is 0.00713. The molecule has 43 heavy (non-hydrogen) atoms. The van der Waals surface area contributed by atoms with Crippen molar-refractivity contribution in [1.82, 2.24) is 9.80 Å². The highest BCUT2D eigenvalue weighted by Crippen LogP contribution is 2.16. The third kappa shape index (κ3) is 24.9. The van der Waals surface area contributed by atoms with Gasteiger partial charge in [-0.05, 0) is 33.1 Å². The molecule has 5 heteroatoms. The van der Waals surface area contributed by atoms with Crippen molar-refractivity contribution < 1.29 is 14.3 Å². The van der Waals surface area contributed by atoms with Crippen molar-refractivity contribution >= 4 is 11.8 Å². The summed E-state index contributed by atoms with van der Waals surface area (Å²) in [6, 6.07) is 0.